The summed E-state index contributed by atoms with van der Waals surface area (Å²) in [5, 5.41) is 0. The van der Waals surface area contributed by atoms with E-state index in [1.54, 1.807) is 6.20 Å². The number of pyridine rings is 1. The molecule has 4 rings (SSSR count). The fourth-order valence-corrected chi connectivity index (χ4v) is 2.20. The molecule has 4 nitrogen and oxygen atoms in total. The van der Waals surface area contributed by atoms with Gasteiger partial charge >= 0.3 is 0 Å². The Morgan fingerprint density at radius 3 is 2.58 bits per heavy atom. The molecule has 0 atom stereocenters. The second-order valence-corrected chi connectivity index (χ2v) is 4.30. The van der Waals surface area contributed by atoms with E-state index in [4.69, 9.17) is 0 Å². The molecule has 0 bridgehead atoms. The Hall–Kier alpha value is -2.75. The molecule has 0 aliphatic rings. The van der Waals surface area contributed by atoms with E-state index in [1.165, 1.54) is 0 Å². The monoisotopic (exact) mass is 246 g/mol. The molecule has 0 amide bonds. The van der Waals surface area contributed by atoms with Gasteiger partial charge in [-0.3, -0.25) is 9.38 Å². The Labute approximate surface area is 109 Å². The number of benzene rings is 1. The van der Waals surface area contributed by atoms with Crippen molar-refractivity contribution in [1.29, 1.82) is 0 Å². The average Bonchev–Trinajstić information content (AvgIpc) is 2.86. The normalized spacial score (nSPS) is 11.2. The maximum absolute atomic E-state index is 4.57. The van der Waals surface area contributed by atoms with Gasteiger partial charge in [-0.1, -0.05) is 18.2 Å². The van der Waals surface area contributed by atoms with Gasteiger partial charge in [-0.05, 0) is 30.3 Å². The summed E-state index contributed by atoms with van der Waals surface area (Å²) in [6, 6.07) is 15.8. The standard InChI is InChI=1S/C15H10N4/c1-2-7-14-13(6-1)18-15-17-12(8-10-19(14)15)11-5-3-4-9-16-11/h1-10H. The third-order valence-corrected chi connectivity index (χ3v) is 3.11. The van der Waals surface area contributed by atoms with E-state index in [0.717, 1.165) is 22.4 Å². The van der Waals surface area contributed by atoms with Crippen molar-refractivity contribution in [3.05, 3.63) is 60.9 Å². The number of hydrogen-bond donors (Lipinski definition) is 0. The Morgan fingerprint density at radius 2 is 1.68 bits per heavy atom. The third-order valence-electron chi connectivity index (χ3n) is 3.11. The van der Waals surface area contributed by atoms with Crippen LogP contribution in [0.1, 0.15) is 0 Å². The van der Waals surface area contributed by atoms with Gasteiger partial charge < -0.3 is 0 Å². The summed E-state index contributed by atoms with van der Waals surface area (Å²) in [6.45, 7) is 0. The fourth-order valence-electron chi connectivity index (χ4n) is 2.20. The van der Waals surface area contributed by atoms with Crippen LogP contribution in [0.2, 0.25) is 0 Å². The van der Waals surface area contributed by atoms with Crippen LogP contribution in [0.15, 0.2) is 60.9 Å². The topological polar surface area (TPSA) is 43.1 Å². The molecule has 0 saturated carbocycles. The number of hydrogen-bond acceptors (Lipinski definition) is 3. The highest BCUT2D eigenvalue weighted by Gasteiger charge is 2.07. The molecule has 0 saturated heterocycles. The van der Waals surface area contributed by atoms with Gasteiger partial charge in [0.25, 0.3) is 0 Å². The van der Waals surface area contributed by atoms with Crippen LogP contribution in [0.5, 0.6) is 0 Å². The first-order valence-electron chi connectivity index (χ1n) is 6.07. The molecule has 0 fully saturated rings. The van der Waals surface area contributed by atoms with Crippen LogP contribution in [0.25, 0.3) is 28.2 Å². The van der Waals surface area contributed by atoms with E-state index in [2.05, 4.69) is 15.0 Å². The smallest absolute Gasteiger partial charge is 0.235 e. The van der Waals surface area contributed by atoms with Crippen molar-refractivity contribution in [1.82, 2.24) is 19.4 Å². The lowest BCUT2D eigenvalue weighted by molar-refractivity contribution is 1.13. The van der Waals surface area contributed by atoms with Gasteiger partial charge in [-0.2, -0.15) is 0 Å². The van der Waals surface area contributed by atoms with Gasteiger partial charge in [-0.25, -0.2) is 9.97 Å². The van der Waals surface area contributed by atoms with Crippen molar-refractivity contribution in [3.63, 3.8) is 0 Å². The van der Waals surface area contributed by atoms with Crippen molar-refractivity contribution in [2.24, 2.45) is 0 Å². The number of imidazole rings is 1. The van der Waals surface area contributed by atoms with Crippen molar-refractivity contribution < 1.29 is 0 Å². The van der Waals surface area contributed by atoms with Crippen LogP contribution in [0.4, 0.5) is 0 Å². The van der Waals surface area contributed by atoms with Crippen LogP contribution < -0.4 is 0 Å². The van der Waals surface area contributed by atoms with Crippen LogP contribution in [-0.2, 0) is 0 Å². The minimum Gasteiger partial charge on any atom is -0.284 e. The van der Waals surface area contributed by atoms with E-state index >= 15 is 0 Å². The van der Waals surface area contributed by atoms with Gasteiger partial charge in [0, 0.05) is 12.4 Å². The number of fused-ring (bicyclic) bond motifs is 3. The van der Waals surface area contributed by atoms with E-state index in [0.29, 0.717) is 5.78 Å². The molecule has 0 aliphatic heterocycles. The lowest BCUT2D eigenvalue weighted by atomic mass is 10.2. The lowest BCUT2D eigenvalue weighted by Gasteiger charge is -2.00. The van der Waals surface area contributed by atoms with Gasteiger partial charge in [0.2, 0.25) is 5.78 Å². The van der Waals surface area contributed by atoms with E-state index in [9.17, 15) is 0 Å². The van der Waals surface area contributed by atoms with Crippen LogP contribution in [-0.4, -0.2) is 19.4 Å². The van der Waals surface area contributed by atoms with E-state index in [1.807, 2.05) is 59.1 Å². The number of nitrogens with zero attached hydrogens (tertiary/aromatic N) is 4. The molecular formula is C15H10N4. The Kier molecular flexibility index (Phi) is 2.08. The average molecular weight is 246 g/mol. The second kappa shape index (κ2) is 3.88. The molecular weight excluding hydrogens is 236 g/mol. The summed E-state index contributed by atoms with van der Waals surface area (Å²) in [4.78, 5) is 13.4. The summed E-state index contributed by atoms with van der Waals surface area (Å²) in [7, 11) is 0. The van der Waals surface area contributed by atoms with E-state index in [-0.39, 0.29) is 0 Å². The highest BCUT2D eigenvalue weighted by Crippen LogP contribution is 2.18. The van der Waals surface area contributed by atoms with Crippen LogP contribution >= 0.6 is 0 Å². The molecule has 4 aromatic rings. The Balaban J connectivity index is 1.99. The molecule has 0 aliphatic carbocycles. The predicted molar refractivity (Wildman–Crippen MR) is 73.7 cm³/mol. The number of rotatable bonds is 1. The first-order valence-corrected chi connectivity index (χ1v) is 6.07. The Morgan fingerprint density at radius 1 is 0.789 bits per heavy atom. The molecule has 0 radical (unpaired) electrons. The second-order valence-electron chi connectivity index (χ2n) is 4.30. The van der Waals surface area contributed by atoms with Crippen LogP contribution in [0, 0.1) is 0 Å². The lowest BCUT2D eigenvalue weighted by Crippen LogP contribution is -1.92. The highest BCUT2D eigenvalue weighted by molar-refractivity contribution is 5.79. The Bertz CT molecular complexity index is 865. The predicted octanol–water partition coefficient (Wildman–Crippen LogP) is 2.94. The van der Waals surface area contributed by atoms with Crippen LogP contribution in [0.3, 0.4) is 0 Å². The van der Waals surface area contributed by atoms with Crippen molar-refractivity contribution >= 4 is 16.8 Å². The maximum atomic E-state index is 4.57. The van der Waals surface area contributed by atoms with Crippen molar-refractivity contribution in [2.75, 3.05) is 0 Å². The molecule has 19 heavy (non-hydrogen) atoms. The third kappa shape index (κ3) is 1.57. The van der Waals surface area contributed by atoms with Crippen molar-refractivity contribution in [2.45, 2.75) is 0 Å². The fraction of sp³-hybridized carbons (Fsp3) is 0. The van der Waals surface area contributed by atoms with Gasteiger partial charge in [0.1, 0.15) is 0 Å². The molecule has 0 N–H and O–H groups in total. The van der Waals surface area contributed by atoms with Gasteiger partial charge in [0.15, 0.2) is 0 Å². The molecule has 90 valence electrons. The molecule has 3 aromatic heterocycles. The maximum Gasteiger partial charge on any atom is 0.235 e. The van der Waals surface area contributed by atoms with Gasteiger partial charge in [-0.15, -0.1) is 0 Å². The summed E-state index contributed by atoms with van der Waals surface area (Å²) in [6.07, 6.45) is 3.75. The SMILES string of the molecule is c1ccc(-c2ccn3c(n2)nc2ccccc23)nc1. The number of aromatic nitrogens is 4. The summed E-state index contributed by atoms with van der Waals surface area (Å²) in [5.41, 5.74) is 3.71. The zero-order valence-corrected chi connectivity index (χ0v) is 10.1. The zero-order chi connectivity index (χ0) is 12.7. The summed E-state index contributed by atoms with van der Waals surface area (Å²) in [5.74, 6) is 0.698. The van der Waals surface area contributed by atoms with E-state index < -0.39 is 0 Å². The zero-order valence-electron chi connectivity index (χ0n) is 10.1. The van der Waals surface area contributed by atoms with Gasteiger partial charge in [0.05, 0.1) is 22.4 Å². The molecule has 1 aromatic carbocycles. The summed E-state index contributed by atoms with van der Waals surface area (Å²) >= 11 is 0. The molecule has 3 heterocycles. The molecule has 0 spiro atoms. The summed E-state index contributed by atoms with van der Waals surface area (Å²) < 4.78 is 1.99. The van der Waals surface area contributed by atoms with Crippen molar-refractivity contribution in [3.8, 4) is 11.4 Å². The minimum atomic E-state index is 0.698. The first-order chi connectivity index (χ1) is 9.42. The quantitative estimate of drug-likeness (QED) is 0.518. The highest BCUT2D eigenvalue weighted by atomic mass is 15.1. The molecule has 0 unspecified atom stereocenters. The molecule has 4 heteroatoms. The largest absolute Gasteiger partial charge is 0.284 e. The first kappa shape index (κ1) is 10.2. The number of para-hydroxylation sites is 2. The minimum absolute atomic E-state index is 0.698.